The normalized spacial score (nSPS) is 12.0. The number of hydrogen-bond donors (Lipinski definition) is 2. The second-order valence-corrected chi connectivity index (χ2v) is 5.47. The number of aliphatic hydroxyl groups excluding tert-OH is 1. The van der Waals surface area contributed by atoms with Crippen molar-refractivity contribution in [3.05, 3.63) is 59.7 Å². The topological polar surface area (TPSA) is 35.5 Å². The summed E-state index contributed by atoms with van der Waals surface area (Å²) >= 11 is 0. The third-order valence-electron chi connectivity index (χ3n) is 3.70. The van der Waals surface area contributed by atoms with Crippen molar-refractivity contribution in [1.82, 2.24) is 0 Å². The molecule has 0 aliphatic rings. The van der Waals surface area contributed by atoms with Gasteiger partial charge in [0.2, 0.25) is 0 Å². The molecule has 112 valence electrons. The Morgan fingerprint density at radius 1 is 1.05 bits per heavy atom. The monoisotopic (exact) mass is 284 g/mol. The lowest BCUT2D eigenvalue weighted by Gasteiger charge is -2.20. The molecule has 2 rings (SSSR count). The first kappa shape index (κ1) is 15.4. The van der Waals surface area contributed by atoms with Crippen molar-refractivity contribution in [3.8, 4) is 0 Å². The van der Waals surface area contributed by atoms with Gasteiger partial charge in [0.05, 0.1) is 6.61 Å². The second-order valence-electron chi connectivity index (χ2n) is 5.47. The molecule has 2 aromatic carbocycles. The lowest BCUT2D eigenvalue weighted by Crippen LogP contribution is -2.20. The van der Waals surface area contributed by atoms with Crippen molar-refractivity contribution in [2.75, 3.05) is 30.4 Å². The molecule has 2 aromatic rings. The number of aliphatic hydroxyl groups is 1. The Morgan fingerprint density at radius 3 is 2.24 bits per heavy atom. The summed E-state index contributed by atoms with van der Waals surface area (Å²) in [5.41, 5.74) is 4.77. The third-order valence-corrected chi connectivity index (χ3v) is 3.70. The lowest BCUT2D eigenvalue weighted by molar-refractivity contribution is 0.304. The van der Waals surface area contributed by atoms with Gasteiger partial charge in [0, 0.05) is 31.0 Å². The first-order valence-corrected chi connectivity index (χ1v) is 7.35. The zero-order valence-electron chi connectivity index (χ0n) is 13.0. The van der Waals surface area contributed by atoms with Crippen LogP contribution in [-0.4, -0.2) is 25.3 Å². The van der Waals surface area contributed by atoms with Gasteiger partial charge in [-0.2, -0.15) is 0 Å². The first-order valence-electron chi connectivity index (χ1n) is 7.35. The van der Waals surface area contributed by atoms with Gasteiger partial charge >= 0.3 is 0 Å². The van der Waals surface area contributed by atoms with E-state index >= 15 is 0 Å². The summed E-state index contributed by atoms with van der Waals surface area (Å²) < 4.78 is 0. The molecule has 0 radical (unpaired) electrons. The van der Waals surface area contributed by atoms with Gasteiger partial charge in [0.15, 0.2) is 0 Å². The van der Waals surface area contributed by atoms with E-state index in [1.165, 1.54) is 11.1 Å². The predicted octanol–water partition coefficient (Wildman–Crippen LogP) is 3.60. The molecule has 0 aromatic heterocycles. The van der Waals surface area contributed by atoms with Crippen LogP contribution in [0.15, 0.2) is 48.5 Å². The SMILES string of the molecule is Cc1ccc(C(C)Nc2ccc(N(C)CCO)cc2)cc1. The van der Waals surface area contributed by atoms with Crippen LogP contribution in [0.1, 0.15) is 24.1 Å². The number of anilines is 2. The highest BCUT2D eigenvalue weighted by molar-refractivity contribution is 5.55. The summed E-state index contributed by atoms with van der Waals surface area (Å²) in [4.78, 5) is 2.03. The molecular weight excluding hydrogens is 260 g/mol. The van der Waals surface area contributed by atoms with Crippen LogP contribution in [0.2, 0.25) is 0 Å². The average molecular weight is 284 g/mol. The van der Waals surface area contributed by atoms with E-state index in [9.17, 15) is 0 Å². The molecule has 0 saturated carbocycles. The molecule has 0 heterocycles. The number of rotatable bonds is 6. The molecule has 0 spiro atoms. The smallest absolute Gasteiger partial charge is 0.0606 e. The molecule has 0 amide bonds. The molecule has 0 aliphatic heterocycles. The predicted molar refractivity (Wildman–Crippen MR) is 90.0 cm³/mol. The zero-order chi connectivity index (χ0) is 15.2. The molecule has 1 unspecified atom stereocenters. The summed E-state index contributed by atoms with van der Waals surface area (Å²) in [6, 6.07) is 17.2. The van der Waals surface area contributed by atoms with Crippen molar-refractivity contribution in [2.24, 2.45) is 0 Å². The van der Waals surface area contributed by atoms with Gasteiger partial charge < -0.3 is 15.3 Å². The highest BCUT2D eigenvalue weighted by Gasteiger charge is 2.05. The Morgan fingerprint density at radius 2 is 1.67 bits per heavy atom. The van der Waals surface area contributed by atoms with Crippen LogP contribution in [0, 0.1) is 6.92 Å². The van der Waals surface area contributed by atoms with Crippen LogP contribution in [0.3, 0.4) is 0 Å². The number of hydrogen-bond acceptors (Lipinski definition) is 3. The van der Waals surface area contributed by atoms with E-state index < -0.39 is 0 Å². The minimum absolute atomic E-state index is 0.168. The van der Waals surface area contributed by atoms with Gasteiger partial charge in [-0.05, 0) is 43.7 Å². The standard InChI is InChI=1S/C18H24N2O/c1-14-4-6-16(7-5-14)15(2)19-17-8-10-18(11-9-17)20(3)12-13-21/h4-11,15,19,21H,12-13H2,1-3H3. The molecule has 2 N–H and O–H groups in total. The van der Waals surface area contributed by atoms with Crippen molar-refractivity contribution < 1.29 is 5.11 Å². The van der Waals surface area contributed by atoms with Crippen LogP contribution in [0.25, 0.3) is 0 Å². The Labute approximate surface area is 127 Å². The van der Waals surface area contributed by atoms with Crippen molar-refractivity contribution >= 4 is 11.4 Å². The molecule has 0 bridgehead atoms. The molecule has 3 heteroatoms. The van der Waals surface area contributed by atoms with Crippen molar-refractivity contribution in [1.29, 1.82) is 0 Å². The minimum Gasteiger partial charge on any atom is -0.395 e. The fourth-order valence-corrected chi connectivity index (χ4v) is 2.28. The van der Waals surface area contributed by atoms with Crippen LogP contribution >= 0.6 is 0 Å². The van der Waals surface area contributed by atoms with E-state index in [2.05, 4.69) is 67.7 Å². The number of nitrogens with one attached hydrogen (secondary N) is 1. The molecule has 0 fully saturated rings. The van der Waals surface area contributed by atoms with Crippen molar-refractivity contribution in [3.63, 3.8) is 0 Å². The van der Waals surface area contributed by atoms with E-state index in [1.807, 2.05) is 11.9 Å². The van der Waals surface area contributed by atoms with Gasteiger partial charge in [0.1, 0.15) is 0 Å². The molecule has 1 atom stereocenters. The van der Waals surface area contributed by atoms with Gasteiger partial charge in [-0.3, -0.25) is 0 Å². The Bertz CT molecular complexity index is 548. The highest BCUT2D eigenvalue weighted by atomic mass is 16.3. The Balaban J connectivity index is 2.01. The number of likely N-dealkylation sites (N-methyl/N-ethyl adjacent to an activating group) is 1. The van der Waals surface area contributed by atoms with Crippen LogP contribution in [0.4, 0.5) is 11.4 Å². The maximum atomic E-state index is 8.96. The number of benzene rings is 2. The average Bonchev–Trinajstić information content (AvgIpc) is 2.49. The Kier molecular flexibility index (Phi) is 5.23. The summed E-state index contributed by atoms with van der Waals surface area (Å²) in [5, 5.41) is 12.5. The van der Waals surface area contributed by atoms with E-state index in [4.69, 9.17) is 5.11 Å². The van der Waals surface area contributed by atoms with Crippen LogP contribution < -0.4 is 10.2 Å². The number of aryl methyl sites for hydroxylation is 1. The fraction of sp³-hybridized carbons (Fsp3) is 0.333. The molecule has 3 nitrogen and oxygen atoms in total. The van der Waals surface area contributed by atoms with Crippen LogP contribution in [-0.2, 0) is 0 Å². The fourth-order valence-electron chi connectivity index (χ4n) is 2.28. The lowest BCUT2D eigenvalue weighted by atomic mass is 10.1. The zero-order valence-corrected chi connectivity index (χ0v) is 13.0. The van der Waals surface area contributed by atoms with E-state index in [0.29, 0.717) is 6.54 Å². The Hall–Kier alpha value is -2.00. The van der Waals surface area contributed by atoms with Gasteiger partial charge in [0.25, 0.3) is 0 Å². The molecular formula is C18H24N2O. The number of nitrogens with zero attached hydrogens (tertiary/aromatic N) is 1. The highest BCUT2D eigenvalue weighted by Crippen LogP contribution is 2.22. The largest absolute Gasteiger partial charge is 0.395 e. The van der Waals surface area contributed by atoms with Gasteiger partial charge in [-0.15, -0.1) is 0 Å². The summed E-state index contributed by atoms with van der Waals surface area (Å²) in [6.45, 7) is 5.08. The minimum atomic E-state index is 0.168. The van der Waals surface area contributed by atoms with E-state index in [0.717, 1.165) is 11.4 Å². The van der Waals surface area contributed by atoms with Gasteiger partial charge in [-0.1, -0.05) is 29.8 Å². The first-order chi connectivity index (χ1) is 10.1. The molecule has 0 aliphatic carbocycles. The van der Waals surface area contributed by atoms with Crippen LogP contribution in [0.5, 0.6) is 0 Å². The van der Waals surface area contributed by atoms with Gasteiger partial charge in [-0.25, -0.2) is 0 Å². The van der Waals surface area contributed by atoms with E-state index in [-0.39, 0.29) is 12.6 Å². The summed E-state index contributed by atoms with van der Waals surface area (Å²) in [6.07, 6.45) is 0. The quantitative estimate of drug-likeness (QED) is 0.851. The molecule has 0 saturated heterocycles. The maximum absolute atomic E-state index is 8.96. The maximum Gasteiger partial charge on any atom is 0.0606 e. The van der Waals surface area contributed by atoms with Crippen molar-refractivity contribution in [2.45, 2.75) is 19.9 Å². The summed E-state index contributed by atoms with van der Waals surface area (Å²) in [7, 11) is 1.98. The summed E-state index contributed by atoms with van der Waals surface area (Å²) in [5.74, 6) is 0. The third kappa shape index (κ3) is 4.23. The molecule has 21 heavy (non-hydrogen) atoms. The van der Waals surface area contributed by atoms with E-state index in [1.54, 1.807) is 0 Å². The second kappa shape index (κ2) is 7.14.